The number of hydrogen-bond acceptors (Lipinski definition) is 5. The summed E-state index contributed by atoms with van der Waals surface area (Å²) in [7, 11) is 3.16. The Morgan fingerprint density at radius 2 is 1.61 bits per heavy atom. The van der Waals surface area contributed by atoms with Gasteiger partial charge in [0.25, 0.3) is 11.8 Å². The van der Waals surface area contributed by atoms with Crippen molar-refractivity contribution in [1.82, 2.24) is 4.90 Å². The van der Waals surface area contributed by atoms with Crippen molar-refractivity contribution in [3.05, 3.63) is 70.7 Å². The van der Waals surface area contributed by atoms with E-state index in [1.807, 2.05) is 32.0 Å². The van der Waals surface area contributed by atoms with Gasteiger partial charge in [-0.3, -0.25) is 9.59 Å². The number of nitrogens with zero attached hydrogens (tertiary/aromatic N) is 2. The topological polar surface area (TPSA) is 59.1 Å². The van der Waals surface area contributed by atoms with Crippen LogP contribution < -0.4 is 4.90 Å². The molecule has 31 heavy (non-hydrogen) atoms. The Bertz CT molecular complexity index is 1010. The van der Waals surface area contributed by atoms with Gasteiger partial charge in [-0.1, -0.05) is 29.8 Å². The van der Waals surface area contributed by atoms with Crippen LogP contribution in [-0.4, -0.2) is 57.2 Å². The van der Waals surface area contributed by atoms with Gasteiger partial charge in [0, 0.05) is 27.3 Å². The summed E-state index contributed by atoms with van der Waals surface area (Å²) in [5, 5.41) is 0. The van der Waals surface area contributed by atoms with Crippen LogP contribution >= 0.6 is 0 Å². The molecule has 0 saturated heterocycles. The molecule has 1 aliphatic rings. The number of carbonyl (C=O) groups excluding carboxylic acids is 2. The third-order valence-electron chi connectivity index (χ3n) is 5.22. The predicted molar refractivity (Wildman–Crippen MR) is 117 cm³/mol. The Balaban J connectivity index is 2.17. The van der Waals surface area contributed by atoms with E-state index in [-0.39, 0.29) is 11.4 Å². The van der Waals surface area contributed by atoms with Crippen LogP contribution in [0.4, 0.5) is 10.1 Å². The average Bonchev–Trinajstić information content (AvgIpc) is 2.98. The zero-order chi connectivity index (χ0) is 22.5. The quantitative estimate of drug-likeness (QED) is 0.576. The molecule has 0 unspecified atom stereocenters. The molecule has 7 heteroatoms. The van der Waals surface area contributed by atoms with Crippen LogP contribution in [0, 0.1) is 19.7 Å². The van der Waals surface area contributed by atoms with E-state index in [2.05, 4.69) is 0 Å². The van der Waals surface area contributed by atoms with Crippen molar-refractivity contribution >= 4 is 23.1 Å². The number of anilines is 1. The van der Waals surface area contributed by atoms with E-state index in [1.165, 1.54) is 18.2 Å². The van der Waals surface area contributed by atoms with Crippen molar-refractivity contribution in [2.75, 3.05) is 45.4 Å². The molecule has 3 rings (SSSR count). The van der Waals surface area contributed by atoms with Gasteiger partial charge >= 0.3 is 0 Å². The van der Waals surface area contributed by atoms with Crippen LogP contribution in [0.3, 0.4) is 0 Å². The van der Waals surface area contributed by atoms with Crippen LogP contribution in [0.15, 0.2) is 48.2 Å². The molecule has 0 saturated carbocycles. The molecule has 0 N–H and O–H groups in total. The monoisotopic (exact) mass is 426 g/mol. The molecule has 6 nitrogen and oxygen atoms in total. The molecule has 164 valence electrons. The lowest BCUT2D eigenvalue weighted by Crippen LogP contribution is -2.37. The molecule has 0 bridgehead atoms. The number of hydrogen-bond donors (Lipinski definition) is 0. The standard InChI is InChI=1S/C24H27FN2O4/c1-16-8-9-20(17(2)14-16)21-22(26(10-12-30-3)11-13-31-4)24(29)27(23(21)28)19-7-5-6-18(25)15-19/h5-9,14-15H,10-13H2,1-4H3. The third kappa shape index (κ3) is 4.68. The van der Waals surface area contributed by atoms with E-state index in [0.29, 0.717) is 37.4 Å². The maximum Gasteiger partial charge on any atom is 0.282 e. The van der Waals surface area contributed by atoms with Crippen LogP contribution in [-0.2, 0) is 19.1 Å². The van der Waals surface area contributed by atoms with Crippen LogP contribution in [0.5, 0.6) is 0 Å². The molecule has 1 heterocycles. The Morgan fingerprint density at radius 3 is 2.19 bits per heavy atom. The number of carbonyl (C=O) groups is 2. The number of ether oxygens (including phenoxy) is 2. The fourth-order valence-electron chi connectivity index (χ4n) is 3.74. The minimum Gasteiger partial charge on any atom is -0.383 e. The summed E-state index contributed by atoms with van der Waals surface area (Å²) in [4.78, 5) is 30.0. The summed E-state index contributed by atoms with van der Waals surface area (Å²) in [6.45, 7) is 5.42. The first-order chi connectivity index (χ1) is 14.9. The van der Waals surface area contributed by atoms with E-state index in [9.17, 15) is 14.0 Å². The molecule has 2 amide bonds. The average molecular weight is 426 g/mol. The maximum atomic E-state index is 13.9. The highest BCUT2D eigenvalue weighted by Crippen LogP contribution is 2.36. The summed E-state index contributed by atoms with van der Waals surface area (Å²) in [6, 6.07) is 11.2. The molecule has 0 atom stereocenters. The molecule has 0 radical (unpaired) electrons. The fourth-order valence-corrected chi connectivity index (χ4v) is 3.74. The second-order valence-electron chi connectivity index (χ2n) is 7.44. The number of benzene rings is 2. The highest BCUT2D eigenvalue weighted by atomic mass is 19.1. The molecule has 2 aromatic rings. The third-order valence-corrected chi connectivity index (χ3v) is 5.22. The zero-order valence-electron chi connectivity index (χ0n) is 18.3. The normalized spacial score (nSPS) is 14.0. The van der Waals surface area contributed by atoms with E-state index in [4.69, 9.17) is 9.47 Å². The summed E-state index contributed by atoms with van der Waals surface area (Å²) in [5.41, 5.74) is 3.39. The van der Waals surface area contributed by atoms with Crippen molar-refractivity contribution in [2.24, 2.45) is 0 Å². The van der Waals surface area contributed by atoms with E-state index >= 15 is 0 Å². The minimum atomic E-state index is -0.518. The maximum absolute atomic E-state index is 13.9. The first-order valence-electron chi connectivity index (χ1n) is 10.1. The minimum absolute atomic E-state index is 0.200. The van der Waals surface area contributed by atoms with E-state index in [0.717, 1.165) is 16.0 Å². The second kappa shape index (κ2) is 9.85. The molecule has 1 aliphatic heterocycles. The highest BCUT2D eigenvalue weighted by molar-refractivity contribution is 6.45. The van der Waals surface area contributed by atoms with E-state index < -0.39 is 17.6 Å². The Morgan fingerprint density at radius 1 is 0.935 bits per heavy atom. The smallest absolute Gasteiger partial charge is 0.282 e. The summed E-state index contributed by atoms with van der Waals surface area (Å²) < 4.78 is 24.3. The Kier molecular flexibility index (Phi) is 7.20. The highest BCUT2D eigenvalue weighted by Gasteiger charge is 2.42. The van der Waals surface area contributed by atoms with Gasteiger partial charge in [-0.05, 0) is 43.2 Å². The van der Waals surface area contributed by atoms with Crippen molar-refractivity contribution in [3.63, 3.8) is 0 Å². The van der Waals surface area contributed by atoms with Crippen molar-refractivity contribution in [3.8, 4) is 0 Å². The Hall–Kier alpha value is -3.03. The predicted octanol–water partition coefficient (Wildman–Crippen LogP) is 3.32. The lowest BCUT2D eigenvalue weighted by atomic mass is 9.97. The van der Waals surface area contributed by atoms with Gasteiger partial charge in [0.15, 0.2) is 0 Å². The molecular weight excluding hydrogens is 399 g/mol. The van der Waals surface area contributed by atoms with Crippen molar-refractivity contribution in [1.29, 1.82) is 0 Å². The molecule has 0 spiro atoms. The molecular formula is C24H27FN2O4. The van der Waals surface area contributed by atoms with Crippen LogP contribution in [0.2, 0.25) is 0 Å². The SMILES string of the molecule is COCCN(CCOC)C1=C(c2ccc(C)cc2C)C(=O)N(c2cccc(F)c2)C1=O. The lowest BCUT2D eigenvalue weighted by Gasteiger charge is -2.25. The number of rotatable bonds is 9. The summed E-state index contributed by atoms with van der Waals surface area (Å²) in [6.07, 6.45) is 0. The number of halogens is 1. The van der Waals surface area contributed by atoms with Gasteiger partial charge in [-0.2, -0.15) is 0 Å². The molecule has 0 aromatic heterocycles. The van der Waals surface area contributed by atoms with Crippen molar-refractivity contribution in [2.45, 2.75) is 13.8 Å². The first kappa shape index (κ1) is 22.7. The molecule has 0 fully saturated rings. The van der Waals surface area contributed by atoms with Gasteiger partial charge in [0.05, 0.1) is 24.5 Å². The number of amides is 2. The first-order valence-corrected chi connectivity index (χ1v) is 10.1. The molecule has 2 aromatic carbocycles. The van der Waals surface area contributed by atoms with Gasteiger partial charge in [0.2, 0.25) is 0 Å². The lowest BCUT2D eigenvalue weighted by molar-refractivity contribution is -0.120. The fraction of sp³-hybridized carbons (Fsp3) is 0.333. The second-order valence-corrected chi connectivity index (χ2v) is 7.44. The summed E-state index contributed by atoms with van der Waals surface area (Å²) >= 11 is 0. The number of imide groups is 1. The largest absolute Gasteiger partial charge is 0.383 e. The van der Waals surface area contributed by atoms with Crippen molar-refractivity contribution < 1.29 is 23.5 Å². The number of methoxy groups -OCH3 is 2. The summed E-state index contributed by atoms with van der Waals surface area (Å²) in [5.74, 6) is -1.48. The van der Waals surface area contributed by atoms with Crippen LogP contribution in [0.1, 0.15) is 16.7 Å². The van der Waals surface area contributed by atoms with Gasteiger partial charge < -0.3 is 14.4 Å². The number of aryl methyl sites for hydroxylation is 2. The molecule has 0 aliphatic carbocycles. The van der Waals surface area contributed by atoms with Gasteiger partial charge in [-0.25, -0.2) is 9.29 Å². The Labute approximate surface area is 181 Å². The van der Waals surface area contributed by atoms with Gasteiger partial charge in [-0.15, -0.1) is 0 Å². The zero-order valence-corrected chi connectivity index (χ0v) is 18.3. The van der Waals surface area contributed by atoms with Gasteiger partial charge in [0.1, 0.15) is 11.5 Å². The van der Waals surface area contributed by atoms with E-state index in [1.54, 1.807) is 25.2 Å². The van der Waals surface area contributed by atoms with Crippen LogP contribution in [0.25, 0.3) is 5.57 Å².